The van der Waals surface area contributed by atoms with Crippen molar-refractivity contribution in [1.82, 2.24) is 15.5 Å². The van der Waals surface area contributed by atoms with Gasteiger partial charge >= 0.3 is 0 Å². The van der Waals surface area contributed by atoms with Crippen molar-refractivity contribution in [2.45, 2.75) is 71.3 Å². The van der Waals surface area contributed by atoms with Crippen LogP contribution in [0.25, 0.3) is 0 Å². The van der Waals surface area contributed by atoms with Gasteiger partial charge in [0.1, 0.15) is 0 Å². The summed E-state index contributed by atoms with van der Waals surface area (Å²) >= 11 is 0. The fourth-order valence-corrected chi connectivity index (χ4v) is 3.62. The Morgan fingerprint density at radius 1 is 1.17 bits per heavy atom. The number of aliphatic imine (C=N–C) groups is 1. The minimum atomic E-state index is 0.156. The van der Waals surface area contributed by atoms with Gasteiger partial charge < -0.3 is 15.5 Å². The zero-order valence-corrected chi connectivity index (χ0v) is 14.9. The van der Waals surface area contributed by atoms with Gasteiger partial charge in [-0.2, -0.15) is 0 Å². The van der Waals surface area contributed by atoms with Crippen molar-refractivity contribution in [3.05, 3.63) is 0 Å². The van der Waals surface area contributed by atoms with Crippen LogP contribution in [0.15, 0.2) is 4.99 Å². The molecule has 0 spiro atoms. The minimum absolute atomic E-state index is 0.156. The first-order valence-corrected chi connectivity index (χ1v) is 9.51. The van der Waals surface area contributed by atoms with E-state index in [1.807, 2.05) is 0 Å². The van der Waals surface area contributed by atoms with Gasteiger partial charge in [0.25, 0.3) is 0 Å². The fraction of sp³-hybridized carbons (Fsp3) is 0.889. The van der Waals surface area contributed by atoms with Gasteiger partial charge in [0, 0.05) is 32.1 Å². The Morgan fingerprint density at radius 2 is 1.96 bits per heavy atom. The van der Waals surface area contributed by atoms with E-state index in [1.54, 1.807) is 0 Å². The summed E-state index contributed by atoms with van der Waals surface area (Å²) in [6, 6.07) is 0.399. The molecule has 1 saturated heterocycles. The monoisotopic (exact) mass is 322 g/mol. The number of carbonyl (C=O) groups excluding carboxylic acids is 1. The molecule has 1 aliphatic carbocycles. The van der Waals surface area contributed by atoms with Gasteiger partial charge in [-0.25, -0.2) is 0 Å². The lowest BCUT2D eigenvalue weighted by atomic mass is 9.95. The molecule has 0 radical (unpaired) electrons. The Kier molecular flexibility index (Phi) is 7.69. The number of hydrogen-bond acceptors (Lipinski definition) is 2. The molecule has 2 fully saturated rings. The molecule has 1 atom stereocenters. The maximum atomic E-state index is 12.1. The first kappa shape index (κ1) is 18.1. The number of carbonyl (C=O) groups is 1. The van der Waals surface area contributed by atoms with Crippen LogP contribution in [0.5, 0.6) is 0 Å². The summed E-state index contributed by atoms with van der Waals surface area (Å²) in [5.74, 6) is 1.86. The number of likely N-dealkylation sites (tertiary alicyclic amines) is 1. The maximum Gasteiger partial charge on any atom is 0.222 e. The summed E-state index contributed by atoms with van der Waals surface area (Å²) in [5.41, 5.74) is 0. The molecule has 0 aromatic carbocycles. The standard InChI is InChI=1S/C18H34N4O/c1-3-19-18(22-13-7-8-15(2)14-22)20-12-11-17(23)21-16-9-5-4-6-10-16/h15-16H,3-14H2,1-2H3,(H,19,20)(H,21,23). The van der Waals surface area contributed by atoms with Gasteiger partial charge in [-0.05, 0) is 38.5 Å². The number of rotatable bonds is 5. The molecule has 132 valence electrons. The lowest BCUT2D eigenvalue weighted by Crippen LogP contribution is -2.46. The van der Waals surface area contributed by atoms with E-state index in [2.05, 4.69) is 34.4 Å². The van der Waals surface area contributed by atoms with Crippen molar-refractivity contribution in [3.63, 3.8) is 0 Å². The van der Waals surface area contributed by atoms with E-state index in [9.17, 15) is 4.79 Å². The van der Waals surface area contributed by atoms with Gasteiger partial charge in [0.2, 0.25) is 5.91 Å². The smallest absolute Gasteiger partial charge is 0.222 e. The second kappa shape index (κ2) is 9.78. The Labute approximate surface area is 141 Å². The molecule has 0 bridgehead atoms. The summed E-state index contributed by atoms with van der Waals surface area (Å²) in [6.45, 7) is 7.99. The summed E-state index contributed by atoms with van der Waals surface area (Å²) in [4.78, 5) is 19.1. The lowest BCUT2D eigenvalue weighted by molar-refractivity contribution is -0.121. The highest BCUT2D eigenvalue weighted by atomic mass is 16.1. The molecule has 5 heteroatoms. The maximum absolute atomic E-state index is 12.1. The molecule has 1 unspecified atom stereocenters. The normalized spacial score (nSPS) is 23.7. The number of piperidine rings is 1. The van der Waals surface area contributed by atoms with E-state index >= 15 is 0 Å². The average Bonchev–Trinajstić information content (AvgIpc) is 2.55. The second-order valence-electron chi connectivity index (χ2n) is 7.08. The average molecular weight is 322 g/mol. The van der Waals surface area contributed by atoms with E-state index in [1.165, 1.54) is 32.1 Å². The third-order valence-electron chi connectivity index (χ3n) is 4.86. The van der Waals surface area contributed by atoms with Crippen molar-refractivity contribution in [1.29, 1.82) is 0 Å². The SMILES string of the molecule is CCNC(=NCCC(=O)NC1CCCCC1)N1CCCC(C)C1. The fourth-order valence-electron chi connectivity index (χ4n) is 3.62. The Bertz CT molecular complexity index is 390. The van der Waals surface area contributed by atoms with Crippen LogP contribution >= 0.6 is 0 Å². The Morgan fingerprint density at radius 3 is 2.65 bits per heavy atom. The van der Waals surface area contributed by atoms with E-state index in [4.69, 9.17) is 0 Å². The minimum Gasteiger partial charge on any atom is -0.357 e. The van der Waals surface area contributed by atoms with Crippen LogP contribution in [-0.4, -0.2) is 49.0 Å². The van der Waals surface area contributed by atoms with E-state index < -0.39 is 0 Å². The molecule has 1 amide bonds. The van der Waals surface area contributed by atoms with Gasteiger partial charge in [-0.1, -0.05) is 26.2 Å². The van der Waals surface area contributed by atoms with Gasteiger partial charge in [-0.3, -0.25) is 9.79 Å². The number of nitrogens with zero attached hydrogens (tertiary/aromatic N) is 2. The number of amides is 1. The third-order valence-corrected chi connectivity index (χ3v) is 4.86. The highest BCUT2D eigenvalue weighted by Gasteiger charge is 2.19. The number of guanidine groups is 1. The predicted molar refractivity (Wildman–Crippen MR) is 95.6 cm³/mol. The number of nitrogens with one attached hydrogen (secondary N) is 2. The van der Waals surface area contributed by atoms with E-state index in [0.717, 1.165) is 44.4 Å². The molecule has 1 heterocycles. The van der Waals surface area contributed by atoms with Gasteiger partial charge in [0.15, 0.2) is 5.96 Å². The Balaban J connectivity index is 1.76. The molecular weight excluding hydrogens is 288 g/mol. The molecule has 1 aliphatic heterocycles. The molecule has 2 rings (SSSR count). The molecular formula is C18H34N4O. The Hall–Kier alpha value is -1.26. The first-order chi connectivity index (χ1) is 11.2. The van der Waals surface area contributed by atoms with E-state index in [-0.39, 0.29) is 5.91 Å². The largest absolute Gasteiger partial charge is 0.357 e. The van der Waals surface area contributed by atoms with Crippen LogP contribution in [0.3, 0.4) is 0 Å². The van der Waals surface area contributed by atoms with Crippen molar-refractivity contribution in [3.8, 4) is 0 Å². The van der Waals surface area contributed by atoms with Crippen LogP contribution < -0.4 is 10.6 Å². The van der Waals surface area contributed by atoms with E-state index in [0.29, 0.717) is 19.0 Å². The molecule has 0 aromatic rings. The van der Waals surface area contributed by atoms with Gasteiger partial charge in [0.05, 0.1) is 6.54 Å². The van der Waals surface area contributed by atoms with Crippen molar-refractivity contribution in [2.24, 2.45) is 10.9 Å². The van der Waals surface area contributed by atoms with Crippen molar-refractivity contribution >= 4 is 11.9 Å². The second-order valence-corrected chi connectivity index (χ2v) is 7.08. The topological polar surface area (TPSA) is 56.7 Å². The van der Waals surface area contributed by atoms with Crippen LogP contribution in [0.1, 0.15) is 65.2 Å². The zero-order chi connectivity index (χ0) is 16.5. The number of hydrogen-bond donors (Lipinski definition) is 2. The third kappa shape index (κ3) is 6.40. The summed E-state index contributed by atoms with van der Waals surface area (Å²) < 4.78 is 0. The molecule has 5 nitrogen and oxygen atoms in total. The van der Waals surface area contributed by atoms with Crippen molar-refractivity contribution < 1.29 is 4.79 Å². The quantitative estimate of drug-likeness (QED) is 0.604. The molecule has 0 aromatic heterocycles. The highest BCUT2D eigenvalue weighted by Crippen LogP contribution is 2.17. The zero-order valence-electron chi connectivity index (χ0n) is 14.9. The summed E-state index contributed by atoms with van der Waals surface area (Å²) in [7, 11) is 0. The lowest BCUT2D eigenvalue weighted by Gasteiger charge is -2.33. The van der Waals surface area contributed by atoms with Crippen LogP contribution in [0.4, 0.5) is 0 Å². The summed E-state index contributed by atoms with van der Waals surface area (Å²) in [5, 5.41) is 6.54. The van der Waals surface area contributed by atoms with Crippen LogP contribution in [0.2, 0.25) is 0 Å². The first-order valence-electron chi connectivity index (χ1n) is 9.51. The molecule has 2 aliphatic rings. The summed E-state index contributed by atoms with van der Waals surface area (Å²) in [6.07, 6.45) is 9.13. The van der Waals surface area contributed by atoms with Gasteiger partial charge in [-0.15, -0.1) is 0 Å². The molecule has 23 heavy (non-hydrogen) atoms. The highest BCUT2D eigenvalue weighted by molar-refractivity contribution is 5.81. The van der Waals surface area contributed by atoms with Crippen LogP contribution in [0, 0.1) is 5.92 Å². The van der Waals surface area contributed by atoms with Crippen LogP contribution in [-0.2, 0) is 4.79 Å². The molecule has 1 saturated carbocycles. The molecule has 2 N–H and O–H groups in total. The van der Waals surface area contributed by atoms with Crippen molar-refractivity contribution in [2.75, 3.05) is 26.2 Å². The predicted octanol–water partition coefficient (Wildman–Crippen LogP) is 2.52.